The molecule has 81 heavy (non-hydrogen) atoms. The van der Waals surface area contributed by atoms with Gasteiger partial charge in [0.1, 0.15) is 0 Å². The fourth-order valence-electron chi connectivity index (χ4n) is 13.5. The Kier molecular flexibility index (Phi) is 10.8. The van der Waals surface area contributed by atoms with Crippen molar-refractivity contribution in [2.24, 2.45) is 0 Å². The molecule has 1 aliphatic carbocycles. The first kappa shape index (κ1) is 46.5. The Labute approximate surface area is 471 Å². The standard InChI is InChI=1S/C79H52N2/c1-3-18-53(19-4-1)58-22-15-25-63(48-58)79(73-32-11-7-28-67(73)68-29-8-12-33-74(68)79)64-26-16-23-59(49-64)57-38-36-55(37-39-57)56-40-44-65(45-41-56)80-75-34-13-9-30-69(75)71-51-61(42-46-77(71)80)62-43-47-78-72(52-62)70-31-10-14-35-76(70)81(78)66-27-17-24-60(50-66)54-20-5-2-6-21-54/h1-52H. The molecule has 0 N–H and O–H groups in total. The number of para-hydroxylation sites is 2. The first-order chi connectivity index (χ1) is 40.2. The van der Waals surface area contributed by atoms with Gasteiger partial charge in [-0.3, -0.25) is 0 Å². The summed E-state index contributed by atoms with van der Waals surface area (Å²) in [6.45, 7) is 0. The van der Waals surface area contributed by atoms with Crippen molar-refractivity contribution in [2.45, 2.75) is 5.41 Å². The second kappa shape index (κ2) is 18.8. The summed E-state index contributed by atoms with van der Waals surface area (Å²) in [5, 5.41) is 4.96. The van der Waals surface area contributed by atoms with Gasteiger partial charge in [-0.25, -0.2) is 0 Å². The Morgan fingerprint density at radius 1 is 0.198 bits per heavy atom. The molecule has 0 unspecified atom stereocenters. The topological polar surface area (TPSA) is 9.86 Å². The minimum absolute atomic E-state index is 0.509. The van der Waals surface area contributed by atoms with E-state index in [0.717, 1.165) is 11.4 Å². The summed E-state index contributed by atoms with van der Waals surface area (Å²) in [4.78, 5) is 0. The number of hydrogen-bond donors (Lipinski definition) is 0. The summed E-state index contributed by atoms with van der Waals surface area (Å²) in [6.07, 6.45) is 0. The molecule has 2 aromatic heterocycles. The van der Waals surface area contributed by atoms with Crippen LogP contribution in [-0.4, -0.2) is 9.13 Å². The molecule has 13 aromatic carbocycles. The maximum Gasteiger partial charge on any atom is 0.0713 e. The van der Waals surface area contributed by atoms with Crippen LogP contribution < -0.4 is 0 Å². The highest BCUT2D eigenvalue weighted by molar-refractivity contribution is 6.13. The van der Waals surface area contributed by atoms with Gasteiger partial charge in [-0.15, -0.1) is 0 Å². The molecular weight excluding hydrogens is 977 g/mol. The van der Waals surface area contributed by atoms with E-state index in [1.54, 1.807) is 0 Å². The largest absolute Gasteiger partial charge is 0.309 e. The molecule has 15 aromatic rings. The SMILES string of the molecule is c1ccc(-c2cccc(-n3c4ccccc4c4cc(-c5ccc6c(c5)c5ccccc5n6-c5ccc(-c6ccc(-c7cccc(C8(c9cccc(-c%10ccccc%10)c9)c9ccccc9-c9ccccc98)c7)cc6)cc5)ccc43)c2)cc1. The summed E-state index contributed by atoms with van der Waals surface area (Å²) in [7, 11) is 0. The average molecular weight is 1030 g/mol. The van der Waals surface area contributed by atoms with Gasteiger partial charge in [-0.2, -0.15) is 0 Å². The number of aromatic nitrogens is 2. The van der Waals surface area contributed by atoms with E-state index < -0.39 is 5.41 Å². The van der Waals surface area contributed by atoms with E-state index in [1.807, 2.05) is 0 Å². The van der Waals surface area contributed by atoms with Gasteiger partial charge in [-0.1, -0.05) is 243 Å². The molecule has 2 heterocycles. The van der Waals surface area contributed by atoms with E-state index in [-0.39, 0.29) is 0 Å². The first-order valence-electron chi connectivity index (χ1n) is 28.1. The van der Waals surface area contributed by atoms with Crippen LogP contribution >= 0.6 is 0 Å². The lowest BCUT2D eigenvalue weighted by atomic mass is 9.67. The third-order valence-corrected chi connectivity index (χ3v) is 17.2. The van der Waals surface area contributed by atoms with E-state index in [2.05, 4.69) is 325 Å². The number of rotatable bonds is 9. The molecule has 0 saturated heterocycles. The quantitative estimate of drug-likeness (QED) is 0.136. The summed E-state index contributed by atoms with van der Waals surface area (Å²) in [6, 6.07) is 117. The zero-order chi connectivity index (χ0) is 53.4. The Bertz CT molecular complexity index is 4860. The van der Waals surface area contributed by atoms with Crippen LogP contribution in [-0.2, 0) is 5.41 Å². The van der Waals surface area contributed by atoms with Crippen LogP contribution in [0.15, 0.2) is 315 Å². The molecule has 2 nitrogen and oxygen atoms in total. The smallest absolute Gasteiger partial charge is 0.0713 e. The Hall–Kier alpha value is -10.5. The lowest BCUT2D eigenvalue weighted by molar-refractivity contribution is 0.769. The predicted octanol–water partition coefficient (Wildman–Crippen LogP) is 20.6. The molecule has 1 aliphatic rings. The van der Waals surface area contributed by atoms with Crippen LogP contribution in [0.1, 0.15) is 22.3 Å². The summed E-state index contributed by atoms with van der Waals surface area (Å²) in [5.74, 6) is 0. The zero-order valence-corrected chi connectivity index (χ0v) is 44.4. The fourth-order valence-corrected chi connectivity index (χ4v) is 13.5. The highest BCUT2D eigenvalue weighted by Gasteiger charge is 2.46. The van der Waals surface area contributed by atoms with Crippen molar-refractivity contribution in [1.82, 2.24) is 9.13 Å². The third kappa shape index (κ3) is 7.49. The average Bonchev–Trinajstić information content (AvgIpc) is 4.39. The Morgan fingerprint density at radius 3 is 1.06 bits per heavy atom. The van der Waals surface area contributed by atoms with E-state index >= 15 is 0 Å². The molecule has 0 spiro atoms. The van der Waals surface area contributed by atoms with Gasteiger partial charge in [0.15, 0.2) is 0 Å². The van der Waals surface area contributed by atoms with Crippen molar-refractivity contribution in [2.75, 3.05) is 0 Å². The van der Waals surface area contributed by atoms with Gasteiger partial charge in [0, 0.05) is 32.9 Å². The summed E-state index contributed by atoms with van der Waals surface area (Å²) < 4.78 is 4.83. The summed E-state index contributed by atoms with van der Waals surface area (Å²) >= 11 is 0. The maximum atomic E-state index is 2.43. The molecule has 378 valence electrons. The van der Waals surface area contributed by atoms with Crippen LogP contribution in [0.4, 0.5) is 0 Å². The van der Waals surface area contributed by atoms with Gasteiger partial charge in [0.05, 0.1) is 27.5 Å². The third-order valence-electron chi connectivity index (χ3n) is 17.2. The van der Waals surface area contributed by atoms with Crippen LogP contribution in [0.5, 0.6) is 0 Å². The Balaban J connectivity index is 0.723. The minimum Gasteiger partial charge on any atom is -0.309 e. The van der Waals surface area contributed by atoms with E-state index in [9.17, 15) is 0 Å². The van der Waals surface area contributed by atoms with Crippen molar-refractivity contribution in [1.29, 1.82) is 0 Å². The second-order valence-electron chi connectivity index (χ2n) is 21.6. The molecule has 0 bridgehead atoms. The maximum absolute atomic E-state index is 2.43. The van der Waals surface area contributed by atoms with Crippen molar-refractivity contribution in [3.63, 3.8) is 0 Å². The normalized spacial score (nSPS) is 12.5. The highest BCUT2D eigenvalue weighted by atomic mass is 15.0. The van der Waals surface area contributed by atoms with E-state index in [4.69, 9.17) is 0 Å². The minimum atomic E-state index is -0.509. The number of fused-ring (bicyclic) bond motifs is 9. The highest BCUT2D eigenvalue weighted by Crippen LogP contribution is 2.57. The fraction of sp³-hybridized carbons (Fsp3) is 0.0127. The molecular formula is C79H52N2. The zero-order valence-electron chi connectivity index (χ0n) is 44.4. The molecule has 16 rings (SSSR count). The van der Waals surface area contributed by atoms with Crippen molar-refractivity contribution >= 4 is 43.6 Å². The lowest BCUT2D eigenvalue weighted by Crippen LogP contribution is -2.28. The van der Waals surface area contributed by atoms with Crippen molar-refractivity contribution < 1.29 is 0 Å². The predicted molar refractivity (Wildman–Crippen MR) is 340 cm³/mol. The molecule has 0 aliphatic heterocycles. The van der Waals surface area contributed by atoms with Crippen molar-refractivity contribution in [3.05, 3.63) is 338 Å². The van der Waals surface area contributed by atoms with Gasteiger partial charge < -0.3 is 9.13 Å². The molecule has 0 atom stereocenters. The van der Waals surface area contributed by atoms with Gasteiger partial charge >= 0.3 is 0 Å². The second-order valence-corrected chi connectivity index (χ2v) is 21.6. The van der Waals surface area contributed by atoms with Crippen LogP contribution in [0, 0.1) is 0 Å². The van der Waals surface area contributed by atoms with Gasteiger partial charge in [0.25, 0.3) is 0 Å². The molecule has 0 amide bonds. The number of hydrogen-bond acceptors (Lipinski definition) is 0. The number of nitrogens with zero attached hydrogens (tertiary/aromatic N) is 2. The molecule has 0 radical (unpaired) electrons. The van der Waals surface area contributed by atoms with Crippen LogP contribution in [0.3, 0.4) is 0 Å². The van der Waals surface area contributed by atoms with Crippen LogP contribution in [0.25, 0.3) is 122 Å². The van der Waals surface area contributed by atoms with Gasteiger partial charge in [0.2, 0.25) is 0 Å². The monoisotopic (exact) mass is 1030 g/mol. The molecule has 0 fully saturated rings. The Morgan fingerprint density at radius 2 is 0.543 bits per heavy atom. The summed E-state index contributed by atoms with van der Waals surface area (Å²) in [5.41, 5.74) is 26.3. The first-order valence-corrected chi connectivity index (χ1v) is 28.1. The van der Waals surface area contributed by atoms with E-state index in [0.29, 0.717) is 0 Å². The van der Waals surface area contributed by atoms with Crippen LogP contribution in [0.2, 0.25) is 0 Å². The molecule has 0 saturated carbocycles. The van der Waals surface area contributed by atoms with E-state index in [1.165, 1.54) is 133 Å². The van der Waals surface area contributed by atoms with Gasteiger partial charge in [-0.05, 0) is 162 Å². The number of benzene rings is 13. The molecule has 2 heteroatoms. The van der Waals surface area contributed by atoms with Crippen molar-refractivity contribution in [3.8, 4) is 78.1 Å². The lowest BCUT2D eigenvalue weighted by Gasteiger charge is -2.34.